The van der Waals surface area contributed by atoms with Crippen molar-refractivity contribution in [2.45, 2.75) is 19.4 Å². The summed E-state index contributed by atoms with van der Waals surface area (Å²) in [6.07, 6.45) is 1.22. The molecule has 0 radical (unpaired) electrons. The molecule has 1 aliphatic heterocycles. The van der Waals surface area contributed by atoms with Gasteiger partial charge in [0.15, 0.2) is 0 Å². The predicted octanol–water partition coefficient (Wildman–Crippen LogP) is 3.50. The number of ether oxygens (including phenoxy) is 1. The van der Waals surface area contributed by atoms with Crippen molar-refractivity contribution in [1.29, 1.82) is 0 Å². The van der Waals surface area contributed by atoms with E-state index in [0.29, 0.717) is 24.5 Å². The third kappa shape index (κ3) is 3.03. The van der Waals surface area contributed by atoms with Crippen molar-refractivity contribution >= 4 is 33.2 Å². The lowest BCUT2D eigenvalue weighted by molar-refractivity contribution is -0.116. The molecule has 0 atom stereocenters. The predicted molar refractivity (Wildman–Crippen MR) is 86.3 cm³/mol. The van der Waals surface area contributed by atoms with E-state index < -0.39 is 0 Å². The highest BCUT2D eigenvalue weighted by Crippen LogP contribution is 2.33. The van der Waals surface area contributed by atoms with Crippen LogP contribution < -0.4 is 15.8 Å². The maximum absolute atomic E-state index is 11.5. The SMILES string of the molecule is Nc1cc2c(cc1OCc1ccccc1Br)NC(=O)CC2. The van der Waals surface area contributed by atoms with Crippen molar-refractivity contribution in [3.63, 3.8) is 0 Å². The fourth-order valence-electron chi connectivity index (χ4n) is 2.32. The van der Waals surface area contributed by atoms with Crippen LogP contribution in [0.25, 0.3) is 0 Å². The quantitative estimate of drug-likeness (QED) is 0.836. The van der Waals surface area contributed by atoms with Crippen LogP contribution in [-0.4, -0.2) is 5.91 Å². The number of nitrogens with one attached hydrogen (secondary N) is 1. The maximum atomic E-state index is 11.5. The Morgan fingerprint density at radius 2 is 2.05 bits per heavy atom. The molecular formula is C16H15BrN2O2. The molecule has 0 unspecified atom stereocenters. The first-order valence-electron chi connectivity index (χ1n) is 6.72. The van der Waals surface area contributed by atoms with Crippen LogP contribution in [0.3, 0.4) is 0 Å². The number of fused-ring (bicyclic) bond motifs is 1. The number of hydrogen-bond donors (Lipinski definition) is 2. The number of carbonyl (C=O) groups is 1. The Morgan fingerprint density at radius 1 is 1.24 bits per heavy atom. The van der Waals surface area contributed by atoms with E-state index in [-0.39, 0.29) is 5.91 Å². The molecule has 3 rings (SSSR count). The van der Waals surface area contributed by atoms with E-state index >= 15 is 0 Å². The number of halogens is 1. The standard InChI is InChI=1S/C16H15BrN2O2/c17-12-4-2-1-3-11(12)9-21-15-8-14-10(7-13(15)18)5-6-16(20)19-14/h1-4,7-8H,5-6,9,18H2,(H,19,20). The summed E-state index contributed by atoms with van der Waals surface area (Å²) in [4.78, 5) is 11.5. The topological polar surface area (TPSA) is 64.3 Å². The van der Waals surface area contributed by atoms with E-state index in [1.165, 1.54) is 0 Å². The van der Waals surface area contributed by atoms with Gasteiger partial charge in [-0.3, -0.25) is 4.79 Å². The number of aryl methyl sites for hydroxylation is 1. The van der Waals surface area contributed by atoms with E-state index in [0.717, 1.165) is 27.7 Å². The summed E-state index contributed by atoms with van der Waals surface area (Å²) in [7, 11) is 0. The average Bonchev–Trinajstić information content (AvgIpc) is 2.47. The van der Waals surface area contributed by atoms with Crippen molar-refractivity contribution in [2.24, 2.45) is 0 Å². The lowest BCUT2D eigenvalue weighted by Crippen LogP contribution is -2.19. The third-order valence-electron chi connectivity index (χ3n) is 3.47. The summed E-state index contributed by atoms with van der Waals surface area (Å²) in [5, 5.41) is 2.85. The first-order chi connectivity index (χ1) is 10.1. The van der Waals surface area contributed by atoms with Gasteiger partial charge in [-0.1, -0.05) is 34.1 Å². The summed E-state index contributed by atoms with van der Waals surface area (Å²) in [6, 6.07) is 11.6. The minimum atomic E-state index is 0.0315. The zero-order chi connectivity index (χ0) is 14.8. The molecule has 0 fully saturated rings. The monoisotopic (exact) mass is 346 g/mol. The number of anilines is 2. The number of amides is 1. The Hall–Kier alpha value is -2.01. The Labute approximate surface area is 131 Å². The van der Waals surface area contributed by atoms with Crippen LogP contribution in [0, 0.1) is 0 Å². The van der Waals surface area contributed by atoms with Gasteiger partial charge in [0.1, 0.15) is 12.4 Å². The third-order valence-corrected chi connectivity index (χ3v) is 4.25. The Balaban J connectivity index is 1.81. The fraction of sp³-hybridized carbons (Fsp3) is 0.188. The van der Waals surface area contributed by atoms with Crippen LogP contribution in [0.4, 0.5) is 11.4 Å². The number of carbonyl (C=O) groups excluding carboxylic acids is 1. The van der Waals surface area contributed by atoms with E-state index in [1.54, 1.807) is 6.07 Å². The van der Waals surface area contributed by atoms with Gasteiger partial charge in [-0.15, -0.1) is 0 Å². The van der Waals surface area contributed by atoms with Crippen LogP contribution in [0.15, 0.2) is 40.9 Å². The lowest BCUT2D eigenvalue weighted by Gasteiger charge is -2.19. The molecule has 2 aromatic rings. The molecule has 21 heavy (non-hydrogen) atoms. The average molecular weight is 347 g/mol. The molecule has 0 saturated heterocycles. The van der Waals surface area contributed by atoms with Crippen LogP contribution in [0.2, 0.25) is 0 Å². The van der Waals surface area contributed by atoms with Gasteiger partial charge in [-0.25, -0.2) is 0 Å². The molecule has 1 aliphatic rings. The second kappa shape index (κ2) is 5.77. The molecular weight excluding hydrogens is 332 g/mol. The summed E-state index contributed by atoms with van der Waals surface area (Å²) >= 11 is 3.49. The molecule has 5 heteroatoms. The lowest BCUT2D eigenvalue weighted by atomic mass is 10.0. The fourth-order valence-corrected chi connectivity index (χ4v) is 2.72. The van der Waals surface area contributed by atoms with Crippen LogP contribution in [0.5, 0.6) is 5.75 Å². The van der Waals surface area contributed by atoms with Gasteiger partial charge in [0, 0.05) is 28.2 Å². The highest BCUT2D eigenvalue weighted by molar-refractivity contribution is 9.10. The Morgan fingerprint density at radius 3 is 2.86 bits per heavy atom. The zero-order valence-corrected chi connectivity index (χ0v) is 12.9. The van der Waals surface area contributed by atoms with Crippen molar-refractivity contribution in [3.8, 4) is 5.75 Å². The molecule has 0 aromatic heterocycles. The van der Waals surface area contributed by atoms with Crippen LogP contribution >= 0.6 is 15.9 Å². The molecule has 108 valence electrons. The summed E-state index contributed by atoms with van der Waals surface area (Å²) in [5.41, 5.74) is 9.52. The molecule has 0 spiro atoms. The minimum Gasteiger partial charge on any atom is -0.487 e. The first kappa shape index (κ1) is 13.9. The summed E-state index contributed by atoms with van der Waals surface area (Å²) < 4.78 is 6.79. The van der Waals surface area contributed by atoms with Gasteiger partial charge in [0.25, 0.3) is 0 Å². The van der Waals surface area contributed by atoms with Gasteiger partial charge in [0.2, 0.25) is 5.91 Å². The van der Waals surface area contributed by atoms with Gasteiger partial charge in [0.05, 0.1) is 5.69 Å². The van der Waals surface area contributed by atoms with Crippen molar-refractivity contribution in [1.82, 2.24) is 0 Å². The first-order valence-corrected chi connectivity index (χ1v) is 7.51. The van der Waals surface area contributed by atoms with Crippen molar-refractivity contribution in [2.75, 3.05) is 11.1 Å². The van der Waals surface area contributed by atoms with Crippen LogP contribution in [0.1, 0.15) is 17.5 Å². The smallest absolute Gasteiger partial charge is 0.224 e. The summed E-state index contributed by atoms with van der Waals surface area (Å²) in [6.45, 7) is 0.415. The molecule has 3 N–H and O–H groups in total. The molecule has 0 aliphatic carbocycles. The number of hydrogen-bond acceptors (Lipinski definition) is 3. The number of nitrogen functional groups attached to an aromatic ring is 1. The van der Waals surface area contributed by atoms with Gasteiger partial charge in [-0.05, 0) is 24.1 Å². The van der Waals surface area contributed by atoms with Crippen molar-refractivity contribution in [3.05, 3.63) is 52.0 Å². The molecule has 0 saturated carbocycles. The van der Waals surface area contributed by atoms with Crippen LogP contribution in [-0.2, 0) is 17.8 Å². The maximum Gasteiger partial charge on any atom is 0.224 e. The van der Waals surface area contributed by atoms with Gasteiger partial charge in [-0.2, -0.15) is 0 Å². The summed E-state index contributed by atoms with van der Waals surface area (Å²) in [5.74, 6) is 0.621. The number of benzene rings is 2. The number of nitrogens with two attached hydrogens (primary N) is 1. The van der Waals surface area contributed by atoms with E-state index in [2.05, 4.69) is 21.2 Å². The second-order valence-electron chi connectivity index (χ2n) is 4.98. The molecule has 0 bridgehead atoms. The Kier molecular flexibility index (Phi) is 3.84. The molecule has 4 nitrogen and oxygen atoms in total. The molecule has 1 heterocycles. The highest BCUT2D eigenvalue weighted by Gasteiger charge is 2.17. The highest BCUT2D eigenvalue weighted by atomic mass is 79.9. The van der Waals surface area contributed by atoms with E-state index in [1.807, 2.05) is 30.3 Å². The van der Waals surface area contributed by atoms with Crippen molar-refractivity contribution < 1.29 is 9.53 Å². The largest absolute Gasteiger partial charge is 0.487 e. The normalized spacial score (nSPS) is 13.5. The molecule has 2 aromatic carbocycles. The van der Waals surface area contributed by atoms with Gasteiger partial charge < -0.3 is 15.8 Å². The van der Waals surface area contributed by atoms with Gasteiger partial charge >= 0.3 is 0 Å². The Bertz CT molecular complexity index is 701. The van der Waals surface area contributed by atoms with E-state index in [4.69, 9.17) is 10.5 Å². The second-order valence-corrected chi connectivity index (χ2v) is 5.83. The zero-order valence-electron chi connectivity index (χ0n) is 11.4. The number of rotatable bonds is 3. The molecule has 1 amide bonds. The van der Waals surface area contributed by atoms with E-state index in [9.17, 15) is 4.79 Å². The minimum absolute atomic E-state index is 0.0315.